The van der Waals surface area contributed by atoms with Crippen molar-refractivity contribution in [2.24, 2.45) is 0 Å². The molecule has 0 aliphatic carbocycles. The van der Waals surface area contributed by atoms with Crippen LogP contribution in [0.15, 0.2) is 48.5 Å². The van der Waals surface area contributed by atoms with Crippen LogP contribution in [0.1, 0.15) is 18.1 Å². The second-order valence-corrected chi connectivity index (χ2v) is 4.28. The van der Waals surface area contributed by atoms with Gasteiger partial charge in [0.1, 0.15) is 0 Å². The first-order chi connectivity index (χ1) is 8.33. The van der Waals surface area contributed by atoms with Crippen molar-refractivity contribution in [1.82, 2.24) is 5.32 Å². The largest absolute Gasteiger partial charge is 0.316 e. The Hall–Kier alpha value is -1.60. The Morgan fingerprint density at radius 1 is 0.882 bits per heavy atom. The smallest absolute Gasteiger partial charge is 0.0202 e. The molecule has 0 bridgehead atoms. The molecular formula is C16H19N. The average molecular weight is 225 g/mol. The van der Waals surface area contributed by atoms with Crippen LogP contribution in [0, 0.1) is 0 Å². The molecule has 0 aliphatic rings. The average Bonchev–Trinajstić information content (AvgIpc) is 2.40. The predicted octanol–water partition coefficient (Wildman–Crippen LogP) is 3.64. The highest BCUT2D eigenvalue weighted by molar-refractivity contribution is 5.64. The Morgan fingerprint density at radius 3 is 2.29 bits per heavy atom. The predicted molar refractivity (Wildman–Crippen MR) is 74.0 cm³/mol. The summed E-state index contributed by atoms with van der Waals surface area (Å²) in [6.07, 6.45) is 1.10. The molecule has 0 spiro atoms. The zero-order valence-corrected chi connectivity index (χ0v) is 10.5. The van der Waals surface area contributed by atoms with Gasteiger partial charge in [-0.15, -0.1) is 0 Å². The SMILES string of the molecule is CCc1ccc(-c2cccc(CNC)c2)cc1. The van der Waals surface area contributed by atoms with Crippen molar-refractivity contribution < 1.29 is 0 Å². The molecule has 0 aliphatic heterocycles. The third-order valence-electron chi connectivity index (χ3n) is 3.00. The van der Waals surface area contributed by atoms with E-state index in [1.807, 2.05) is 7.05 Å². The lowest BCUT2D eigenvalue weighted by molar-refractivity contribution is 0.818. The molecule has 1 heteroatoms. The molecule has 17 heavy (non-hydrogen) atoms. The van der Waals surface area contributed by atoms with Gasteiger partial charge in [0.2, 0.25) is 0 Å². The molecule has 0 heterocycles. The zero-order chi connectivity index (χ0) is 12.1. The lowest BCUT2D eigenvalue weighted by atomic mass is 10.0. The summed E-state index contributed by atoms with van der Waals surface area (Å²) in [7, 11) is 1.97. The van der Waals surface area contributed by atoms with E-state index in [0.717, 1.165) is 13.0 Å². The Labute approximate surface area is 103 Å². The summed E-state index contributed by atoms with van der Waals surface area (Å²) in [6.45, 7) is 3.10. The fourth-order valence-electron chi connectivity index (χ4n) is 2.00. The first-order valence-corrected chi connectivity index (χ1v) is 6.16. The number of rotatable bonds is 4. The first kappa shape index (κ1) is 11.9. The van der Waals surface area contributed by atoms with E-state index in [9.17, 15) is 0 Å². The van der Waals surface area contributed by atoms with E-state index in [2.05, 4.69) is 60.8 Å². The van der Waals surface area contributed by atoms with Crippen LogP contribution in [0.3, 0.4) is 0 Å². The van der Waals surface area contributed by atoms with Gasteiger partial charge in [0, 0.05) is 6.54 Å². The first-order valence-electron chi connectivity index (χ1n) is 6.16. The lowest BCUT2D eigenvalue weighted by Crippen LogP contribution is -2.04. The molecule has 0 radical (unpaired) electrons. The second-order valence-electron chi connectivity index (χ2n) is 4.28. The normalized spacial score (nSPS) is 10.5. The molecule has 0 fully saturated rings. The van der Waals surface area contributed by atoms with Crippen LogP contribution in [0.2, 0.25) is 0 Å². The Bertz CT molecular complexity index is 471. The summed E-state index contributed by atoms with van der Waals surface area (Å²) in [6, 6.07) is 17.5. The van der Waals surface area contributed by atoms with E-state index in [1.165, 1.54) is 22.3 Å². The van der Waals surface area contributed by atoms with E-state index in [0.29, 0.717) is 0 Å². The minimum Gasteiger partial charge on any atom is -0.316 e. The van der Waals surface area contributed by atoms with Gasteiger partial charge in [0.15, 0.2) is 0 Å². The molecule has 0 saturated carbocycles. The molecule has 2 aromatic carbocycles. The van der Waals surface area contributed by atoms with E-state index < -0.39 is 0 Å². The molecule has 88 valence electrons. The maximum atomic E-state index is 3.18. The third kappa shape index (κ3) is 2.95. The van der Waals surface area contributed by atoms with Gasteiger partial charge in [-0.05, 0) is 41.8 Å². The van der Waals surface area contributed by atoms with E-state index in [-0.39, 0.29) is 0 Å². The maximum Gasteiger partial charge on any atom is 0.0202 e. The number of benzene rings is 2. The number of nitrogens with one attached hydrogen (secondary N) is 1. The topological polar surface area (TPSA) is 12.0 Å². The molecule has 0 saturated heterocycles. The van der Waals surface area contributed by atoms with Gasteiger partial charge in [-0.3, -0.25) is 0 Å². The van der Waals surface area contributed by atoms with Crippen molar-refractivity contribution in [3.05, 3.63) is 59.7 Å². The van der Waals surface area contributed by atoms with Gasteiger partial charge < -0.3 is 5.32 Å². The Balaban J connectivity index is 2.28. The van der Waals surface area contributed by atoms with Gasteiger partial charge in [0.25, 0.3) is 0 Å². The summed E-state index contributed by atoms with van der Waals surface area (Å²) in [5, 5.41) is 3.18. The molecule has 1 N–H and O–H groups in total. The minimum absolute atomic E-state index is 0.918. The number of hydrogen-bond donors (Lipinski definition) is 1. The van der Waals surface area contributed by atoms with Crippen LogP contribution in [0.25, 0.3) is 11.1 Å². The molecule has 2 rings (SSSR count). The van der Waals surface area contributed by atoms with E-state index in [1.54, 1.807) is 0 Å². The van der Waals surface area contributed by atoms with E-state index in [4.69, 9.17) is 0 Å². The van der Waals surface area contributed by atoms with Crippen molar-refractivity contribution in [2.45, 2.75) is 19.9 Å². The third-order valence-corrected chi connectivity index (χ3v) is 3.00. The van der Waals surface area contributed by atoms with Crippen LogP contribution in [0.5, 0.6) is 0 Å². The lowest BCUT2D eigenvalue weighted by Gasteiger charge is -2.06. The van der Waals surface area contributed by atoms with Crippen LogP contribution < -0.4 is 5.32 Å². The summed E-state index contributed by atoms with van der Waals surface area (Å²) in [4.78, 5) is 0. The van der Waals surface area contributed by atoms with Crippen molar-refractivity contribution in [1.29, 1.82) is 0 Å². The highest BCUT2D eigenvalue weighted by atomic mass is 14.8. The molecule has 2 aromatic rings. The molecular weight excluding hydrogens is 206 g/mol. The van der Waals surface area contributed by atoms with Gasteiger partial charge >= 0.3 is 0 Å². The van der Waals surface area contributed by atoms with Crippen molar-refractivity contribution >= 4 is 0 Å². The summed E-state index contributed by atoms with van der Waals surface area (Å²) < 4.78 is 0. The monoisotopic (exact) mass is 225 g/mol. The summed E-state index contributed by atoms with van der Waals surface area (Å²) in [5.41, 5.74) is 5.30. The fourth-order valence-corrected chi connectivity index (χ4v) is 2.00. The number of hydrogen-bond acceptors (Lipinski definition) is 1. The van der Waals surface area contributed by atoms with Gasteiger partial charge in [0.05, 0.1) is 0 Å². The van der Waals surface area contributed by atoms with Crippen molar-refractivity contribution in [3.63, 3.8) is 0 Å². The number of aryl methyl sites for hydroxylation is 1. The molecule has 0 atom stereocenters. The highest BCUT2D eigenvalue weighted by Crippen LogP contribution is 2.21. The van der Waals surface area contributed by atoms with Crippen molar-refractivity contribution in [2.75, 3.05) is 7.05 Å². The Kier molecular flexibility index (Phi) is 3.94. The quantitative estimate of drug-likeness (QED) is 0.837. The summed E-state index contributed by atoms with van der Waals surface area (Å²) >= 11 is 0. The maximum absolute atomic E-state index is 3.18. The van der Waals surface area contributed by atoms with E-state index >= 15 is 0 Å². The zero-order valence-electron chi connectivity index (χ0n) is 10.5. The Morgan fingerprint density at radius 2 is 1.65 bits per heavy atom. The minimum atomic E-state index is 0.918. The van der Waals surface area contributed by atoms with Crippen LogP contribution in [-0.4, -0.2) is 7.05 Å². The second kappa shape index (κ2) is 5.65. The molecule has 1 nitrogen and oxygen atoms in total. The molecule has 0 aromatic heterocycles. The van der Waals surface area contributed by atoms with Gasteiger partial charge in [-0.25, -0.2) is 0 Å². The fraction of sp³-hybridized carbons (Fsp3) is 0.250. The van der Waals surface area contributed by atoms with Crippen LogP contribution in [-0.2, 0) is 13.0 Å². The van der Waals surface area contributed by atoms with Gasteiger partial charge in [-0.1, -0.05) is 49.4 Å². The molecule has 0 unspecified atom stereocenters. The highest BCUT2D eigenvalue weighted by Gasteiger charge is 1.99. The molecule has 0 amide bonds. The van der Waals surface area contributed by atoms with Crippen LogP contribution >= 0.6 is 0 Å². The van der Waals surface area contributed by atoms with Gasteiger partial charge in [-0.2, -0.15) is 0 Å². The van der Waals surface area contributed by atoms with Crippen molar-refractivity contribution in [3.8, 4) is 11.1 Å². The summed E-state index contributed by atoms with van der Waals surface area (Å²) in [5.74, 6) is 0. The standard InChI is InChI=1S/C16H19N/c1-3-13-7-9-15(10-8-13)16-6-4-5-14(11-16)12-17-2/h4-11,17H,3,12H2,1-2H3. The van der Waals surface area contributed by atoms with Crippen LogP contribution in [0.4, 0.5) is 0 Å².